The van der Waals surface area contributed by atoms with E-state index in [4.69, 9.17) is 4.74 Å². The minimum Gasteiger partial charge on any atom is -0.478 e. The molecule has 2 aromatic rings. The van der Waals surface area contributed by atoms with Crippen LogP contribution in [-0.4, -0.2) is 63.6 Å². The number of carboxylic acid groups (broad SMARTS) is 1. The van der Waals surface area contributed by atoms with E-state index in [0.717, 1.165) is 0 Å². The molecule has 0 radical (unpaired) electrons. The van der Waals surface area contributed by atoms with Crippen LogP contribution in [0, 0.1) is 5.82 Å². The molecule has 3 rings (SSSR count). The Labute approximate surface area is 168 Å². The molecule has 1 N–H and O–H groups in total. The predicted octanol–water partition coefficient (Wildman–Crippen LogP) is 3.34. The first-order valence-corrected chi connectivity index (χ1v) is 9.65. The molecule has 0 bridgehead atoms. The van der Waals surface area contributed by atoms with Crippen molar-refractivity contribution in [2.45, 2.75) is 52.3 Å². The number of carbonyl (C=O) groups is 2. The molecule has 1 amide bonds. The fraction of sp³-hybridized carbons (Fsp3) is 0.550. The Morgan fingerprint density at radius 1 is 1.41 bits per heavy atom. The summed E-state index contributed by atoms with van der Waals surface area (Å²) in [4.78, 5) is 27.4. The van der Waals surface area contributed by atoms with Crippen LogP contribution in [-0.2, 0) is 11.3 Å². The molecule has 0 aliphatic carbocycles. The van der Waals surface area contributed by atoms with Crippen molar-refractivity contribution in [1.29, 1.82) is 0 Å². The Bertz CT molecular complexity index is 950. The summed E-state index contributed by atoms with van der Waals surface area (Å²) >= 11 is 0. The van der Waals surface area contributed by atoms with Crippen molar-refractivity contribution >= 4 is 28.7 Å². The van der Waals surface area contributed by atoms with E-state index >= 15 is 0 Å². The van der Waals surface area contributed by atoms with Crippen molar-refractivity contribution in [2.75, 3.05) is 25.0 Å². The third-order valence-corrected chi connectivity index (χ3v) is 5.05. The molecule has 1 saturated heterocycles. The van der Waals surface area contributed by atoms with Crippen molar-refractivity contribution in [3.63, 3.8) is 0 Å². The molecule has 9 heteroatoms. The SMILES string of the molecule is CCn1cc2c(N3CC[C@H](N(C)C(=O)OC(C)(C)C)C3)cc(F)c(C(=O)O)c2n1. The van der Waals surface area contributed by atoms with E-state index in [1.807, 2.05) is 32.6 Å². The summed E-state index contributed by atoms with van der Waals surface area (Å²) in [7, 11) is 1.70. The maximum absolute atomic E-state index is 14.6. The molecule has 158 valence electrons. The number of carbonyl (C=O) groups excluding carboxylic acids is 1. The van der Waals surface area contributed by atoms with Gasteiger partial charge in [0.2, 0.25) is 0 Å². The lowest BCUT2D eigenvalue weighted by Crippen LogP contribution is -2.42. The summed E-state index contributed by atoms with van der Waals surface area (Å²) in [5, 5.41) is 14.3. The number of aryl methyl sites for hydroxylation is 1. The van der Waals surface area contributed by atoms with E-state index in [1.165, 1.54) is 6.07 Å². The number of ether oxygens (including phenoxy) is 1. The van der Waals surface area contributed by atoms with Crippen molar-refractivity contribution in [3.05, 3.63) is 23.6 Å². The normalized spacial score (nSPS) is 17.0. The van der Waals surface area contributed by atoms with Crippen molar-refractivity contribution < 1.29 is 23.8 Å². The lowest BCUT2D eigenvalue weighted by molar-refractivity contribution is 0.0237. The number of hydrogen-bond acceptors (Lipinski definition) is 5. The van der Waals surface area contributed by atoms with Gasteiger partial charge in [0.15, 0.2) is 0 Å². The van der Waals surface area contributed by atoms with Gasteiger partial charge in [-0.05, 0) is 40.2 Å². The number of halogens is 1. The number of benzene rings is 1. The largest absolute Gasteiger partial charge is 0.478 e. The average Bonchev–Trinajstić information content (AvgIpc) is 3.25. The minimum atomic E-state index is -1.34. The monoisotopic (exact) mass is 406 g/mol. The van der Waals surface area contributed by atoms with E-state index in [2.05, 4.69) is 5.10 Å². The molecule has 1 aliphatic heterocycles. The van der Waals surface area contributed by atoms with E-state index in [9.17, 15) is 19.1 Å². The molecule has 0 unspecified atom stereocenters. The highest BCUT2D eigenvalue weighted by Gasteiger charge is 2.33. The average molecular weight is 406 g/mol. The number of amides is 1. The molecule has 0 spiro atoms. The minimum absolute atomic E-state index is 0.0941. The highest BCUT2D eigenvalue weighted by Crippen LogP contribution is 2.34. The summed E-state index contributed by atoms with van der Waals surface area (Å²) in [5.74, 6) is -2.16. The fourth-order valence-corrected chi connectivity index (χ4v) is 3.56. The van der Waals surface area contributed by atoms with Crippen molar-refractivity contribution in [1.82, 2.24) is 14.7 Å². The van der Waals surface area contributed by atoms with Gasteiger partial charge in [-0.25, -0.2) is 14.0 Å². The van der Waals surface area contributed by atoms with Crippen molar-refractivity contribution in [3.8, 4) is 0 Å². The summed E-state index contributed by atoms with van der Waals surface area (Å²) in [6.07, 6.45) is 2.03. The zero-order valence-electron chi connectivity index (χ0n) is 17.4. The summed E-state index contributed by atoms with van der Waals surface area (Å²) in [5.41, 5.74) is -0.279. The highest BCUT2D eigenvalue weighted by molar-refractivity contribution is 6.06. The zero-order valence-corrected chi connectivity index (χ0v) is 17.4. The number of aromatic nitrogens is 2. The molecule has 1 aromatic heterocycles. The Morgan fingerprint density at radius 2 is 2.10 bits per heavy atom. The number of likely N-dealkylation sites (N-methyl/N-ethyl adjacent to an activating group) is 1. The second kappa shape index (κ2) is 7.53. The lowest BCUT2D eigenvalue weighted by Gasteiger charge is -2.29. The number of anilines is 1. The summed E-state index contributed by atoms with van der Waals surface area (Å²) < 4.78 is 21.7. The van der Waals surface area contributed by atoms with E-state index in [-0.39, 0.29) is 11.6 Å². The Kier molecular flexibility index (Phi) is 5.42. The Morgan fingerprint density at radius 3 is 2.69 bits per heavy atom. The Hall–Kier alpha value is -2.84. The van der Waals surface area contributed by atoms with Crippen LogP contribution in [0.4, 0.5) is 14.9 Å². The maximum atomic E-state index is 14.6. The molecule has 1 fully saturated rings. The molecule has 2 heterocycles. The van der Waals surface area contributed by atoms with Gasteiger partial charge < -0.3 is 19.6 Å². The number of rotatable bonds is 4. The second-order valence-corrected chi connectivity index (χ2v) is 8.28. The third-order valence-electron chi connectivity index (χ3n) is 5.05. The predicted molar refractivity (Wildman–Crippen MR) is 107 cm³/mol. The van der Waals surface area contributed by atoms with Gasteiger partial charge in [0.05, 0.1) is 11.7 Å². The Balaban J connectivity index is 1.90. The fourth-order valence-electron chi connectivity index (χ4n) is 3.56. The van der Waals surface area contributed by atoms with Crippen LogP contribution in [0.5, 0.6) is 0 Å². The number of nitrogens with zero attached hydrogens (tertiary/aromatic N) is 4. The van der Waals surface area contributed by atoms with Gasteiger partial charge in [-0.15, -0.1) is 0 Å². The van der Waals surface area contributed by atoms with Gasteiger partial charge in [-0.1, -0.05) is 0 Å². The zero-order chi connectivity index (χ0) is 21.5. The van der Waals surface area contributed by atoms with Gasteiger partial charge in [0.1, 0.15) is 22.5 Å². The van der Waals surface area contributed by atoms with Crippen LogP contribution in [0.2, 0.25) is 0 Å². The van der Waals surface area contributed by atoms with Crippen LogP contribution in [0.3, 0.4) is 0 Å². The highest BCUT2D eigenvalue weighted by atomic mass is 19.1. The number of fused-ring (bicyclic) bond motifs is 1. The number of hydrogen-bond donors (Lipinski definition) is 1. The molecule has 1 atom stereocenters. The van der Waals surface area contributed by atoms with E-state index < -0.39 is 29.0 Å². The molecule has 1 aliphatic rings. The smallest absolute Gasteiger partial charge is 0.410 e. The number of carboxylic acids is 1. The summed E-state index contributed by atoms with van der Waals surface area (Å²) in [6.45, 7) is 8.96. The second-order valence-electron chi connectivity index (χ2n) is 8.28. The lowest BCUT2D eigenvalue weighted by atomic mass is 10.1. The van der Waals surface area contributed by atoms with E-state index in [1.54, 1.807) is 22.8 Å². The van der Waals surface area contributed by atoms with Gasteiger partial charge in [-0.2, -0.15) is 5.10 Å². The van der Waals surface area contributed by atoms with Crippen LogP contribution >= 0.6 is 0 Å². The van der Waals surface area contributed by atoms with Gasteiger partial charge in [0.25, 0.3) is 0 Å². The van der Waals surface area contributed by atoms with Crippen LogP contribution in [0.1, 0.15) is 44.5 Å². The molecule has 0 saturated carbocycles. The summed E-state index contributed by atoms with van der Waals surface area (Å²) in [6, 6.07) is 1.16. The number of aromatic carboxylic acids is 1. The maximum Gasteiger partial charge on any atom is 0.410 e. The van der Waals surface area contributed by atoms with Gasteiger partial charge in [0, 0.05) is 38.3 Å². The van der Waals surface area contributed by atoms with Gasteiger partial charge in [-0.3, -0.25) is 4.68 Å². The topological polar surface area (TPSA) is 87.9 Å². The first-order valence-electron chi connectivity index (χ1n) is 9.65. The first-order chi connectivity index (χ1) is 13.5. The van der Waals surface area contributed by atoms with Crippen LogP contribution < -0.4 is 4.90 Å². The molecule has 29 heavy (non-hydrogen) atoms. The third kappa shape index (κ3) is 4.13. The molecule has 8 nitrogen and oxygen atoms in total. The molecule has 1 aromatic carbocycles. The first kappa shape index (κ1) is 20.9. The standard InChI is InChI=1S/C20H27FN4O4/c1-6-25-11-13-15(9-14(21)16(18(26)27)17(13)22-25)24-8-7-12(10-24)23(5)19(28)29-20(2,3)4/h9,11-12H,6-8,10H2,1-5H3,(H,26,27)/t12-/m0/s1. The van der Waals surface area contributed by atoms with Crippen LogP contribution in [0.15, 0.2) is 12.3 Å². The molecular weight excluding hydrogens is 379 g/mol. The van der Waals surface area contributed by atoms with Gasteiger partial charge >= 0.3 is 12.1 Å². The van der Waals surface area contributed by atoms with E-state index in [0.29, 0.717) is 37.1 Å². The van der Waals surface area contributed by atoms with Crippen LogP contribution in [0.25, 0.3) is 10.9 Å². The molecular formula is C20H27FN4O4. The quantitative estimate of drug-likeness (QED) is 0.838. The van der Waals surface area contributed by atoms with Crippen molar-refractivity contribution in [2.24, 2.45) is 0 Å².